The van der Waals surface area contributed by atoms with Gasteiger partial charge in [-0.15, -0.1) is 15.3 Å². The highest BCUT2D eigenvalue weighted by Crippen LogP contribution is 2.33. The fourth-order valence-electron chi connectivity index (χ4n) is 4.28. The number of likely N-dealkylation sites (tertiary alicyclic amines) is 1. The number of hydrogen-bond donors (Lipinski definition) is 1. The third-order valence-electron chi connectivity index (χ3n) is 6.30. The van der Waals surface area contributed by atoms with Gasteiger partial charge in [-0.2, -0.15) is 4.52 Å². The summed E-state index contributed by atoms with van der Waals surface area (Å²) in [5.41, 5.74) is 1.51. The van der Waals surface area contributed by atoms with Crippen LogP contribution in [0.15, 0.2) is 40.4 Å². The van der Waals surface area contributed by atoms with Gasteiger partial charge in [-0.1, -0.05) is 17.8 Å². The van der Waals surface area contributed by atoms with E-state index in [1.54, 1.807) is 16.5 Å². The molecule has 0 atom stereocenters. The Balaban J connectivity index is 1.16. The Morgan fingerprint density at radius 1 is 1.11 bits per heavy atom. The van der Waals surface area contributed by atoms with Gasteiger partial charge in [-0.25, -0.2) is 9.78 Å². The van der Waals surface area contributed by atoms with Crippen molar-refractivity contribution >= 4 is 50.1 Å². The molecule has 2 amide bonds. The van der Waals surface area contributed by atoms with Crippen molar-refractivity contribution in [2.75, 3.05) is 25.5 Å². The Bertz CT molecular complexity index is 1360. The summed E-state index contributed by atoms with van der Waals surface area (Å²) in [6.45, 7) is 1.20. The van der Waals surface area contributed by atoms with Crippen molar-refractivity contribution in [3.8, 4) is 5.88 Å². The Morgan fingerprint density at radius 3 is 2.80 bits per heavy atom. The maximum absolute atomic E-state index is 12.4. The standard InChI is InChI=1S/C23H25N7O3S2/c1-32-15-12-29(13-15)22(31)25-21-24-17-8-7-16(11-18(17)35-21)34-23-27-26-19-9-10-20(28-30(19)23)33-14-5-3-2-4-6-14/h7-11,14-15H,2-6,12-13H2,1H3,(H,24,25,31). The maximum atomic E-state index is 12.4. The molecule has 12 heteroatoms. The molecular weight excluding hydrogens is 486 g/mol. The number of carbonyl (C=O) groups excluding carboxylic acids is 1. The molecule has 2 fully saturated rings. The van der Waals surface area contributed by atoms with Crippen LogP contribution in [0.5, 0.6) is 5.88 Å². The van der Waals surface area contributed by atoms with E-state index in [1.165, 1.54) is 42.4 Å². The molecule has 0 spiro atoms. The quantitative estimate of drug-likeness (QED) is 0.404. The van der Waals surface area contributed by atoms with Gasteiger partial charge in [0.2, 0.25) is 11.0 Å². The molecule has 1 aliphatic carbocycles. The van der Waals surface area contributed by atoms with Crippen LogP contribution in [-0.2, 0) is 4.74 Å². The lowest BCUT2D eigenvalue weighted by Crippen LogP contribution is -2.55. The van der Waals surface area contributed by atoms with Crippen LogP contribution in [0.4, 0.5) is 9.93 Å². The molecule has 2 aliphatic rings. The van der Waals surface area contributed by atoms with Crippen LogP contribution < -0.4 is 10.1 Å². The third kappa shape index (κ3) is 4.78. The van der Waals surface area contributed by atoms with Crippen LogP contribution in [0.25, 0.3) is 15.9 Å². The highest BCUT2D eigenvalue weighted by molar-refractivity contribution is 7.99. The van der Waals surface area contributed by atoms with E-state index < -0.39 is 0 Å². The number of benzene rings is 1. The summed E-state index contributed by atoms with van der Waals surface area (Å²) in [6.07, 6.45) is 6.19. The first-order chi connectivity index (χ1) is 17.1. The zero-order valence-corrected chi connectivity index (χ0v) is 20.8. The molecule has 0 unspecified atom stereocenters. The average Bonchev–Trinajstić information content (AvgIpc) is 3.42. The number of amides is 2. The molecular formula is C23H25N7O3S2. The lowest BCUT2D eigenvalue weighted by atomic mass is 9.98. The highest BCUT2D eigenvalue weighted by atomic mass is 32.2. The van der Waals surface area contributed by atoms with E-state index in [1.807, 2.05) is 30.3 Å². The summed E-state index contributed by atoms with van der Waals surface area (Å²) >= 11 is 2.92. The van der Waals surface area contributed by atoms with Crippen LogP contribution in [0, 0.1) is 0 Å². The minimum Gasteiger partial charge on any atom is -0.473 e. The van der Waals surface area contributed by atoms with Crippen molar-refractivity contribution in [2.24, 2.45) is 0 Å². The first kappa shape index (κ1) is 22.5. The van der Waals surface area contributed by atoms with E-state index in [0.717, 1.165) is 28.0 Å². The number of urea groups is 1. The molecule has 0 bridgehead atoms. The monoisotopic (exact) mass is 511 g/mol. The van der Waals surface area contributed by atoms with Crippen LogP contribution in [0.2, 0.25) is 0 Å². The number of nitrogens with one attached hydrogen (secondary N) is 1. The number of aromatic nitrogens is 5. The molecule has 35 heavy (non-hydrogen) atoms. The summed E-state index contributed by atoms with van der Waals surface area (Å²) < 4.78 is 14.1. The normalized spacial score (nSPS) is 17.1. The van der Waals surface area contributed by atoms with Crippen molar-refractivity contribution in [1.29, 1.82) is 0 Å². The third-order valence-corrected chi connectivity index (χ3v) is 8.16. The van der Waals surface area contributed by atoms with Crippen molar-refractivity contribution < 1.29 is 14.3 Å². The van der Waals surface area contributed by atoms with E-state index in [0.29, 0.717) is 34.9 Å². The van der Waals surface area contributed by atoms with Gasteiger partial charge in [0, 0.05) is 18.1 Å². The summed E-state index contributed by atoms with van der Waals surface area (Å²) in [5, 5.41) is 17.3. The number of nitrogens with zero attached hydrogens (tertiary/aromatic N) is 6. The van der Waals surface area contributed by atoms with Gasteiger partial charge in [0.25, 0.3) is 0 Å². The van der Waals surface area contributed by atoms with E-state index in [9.17, 15) is 4.79 Å². The number of anilines is 1. The zero-order valence-electron chi connectivity index (χ0n) is 19.2. The molecule has 4 aromatic rings. The second kappa shape index (κ2) is 9.59. The first-order valence-electron chi connectivity index (χ1n) is 11.7. The summed E-state index contributed by atoms with van der Waals surface area (Å²) in [6, 6.07) is 9.57. The minimum atomic E-state index is -0.154. The molecule has 3 aromatic heterocycles. The average molecular weight is 512 g/mol. The van der Waals surface area contributed by atoms with Gasteiger partial charge in [0.1, 0.15) is 6.10 Å². The first-order valence-corrected chi connectivity index (χ1v) is 13.3. The molecule has 0 radical (unpaired) electrons. The molecule has 1 saturated carbocycles. The number of ether oxygens (including phenoxy) is 2. The topological polar surface area (TPSA) is 107 Å². The highest BCUT2D eigenvalue weighted by Gasteiger charge is 2.30. The smallest absolute Gasteiger partial charge is 0.323 e. The molecule has 182 valence electrons. The molecule has 6 rings (SSSR count). The van der Waals surface area contributed by atoms with Crippen molar-refractivity contribution in [1.82, 2.24) is 29.7 Å². The van der Waals surface area contributed by atoms with E-state index in [2.05, 4.69) is 25.6 Å². The zero-order chi connectivity index (χ0) is 23.8. The Hall–Kier alpha value is -2.96. The SMILES string of the molecule is COC1CN(C(=O)Nc2nc3ccc(Sc4nnc5ccc(OC6CCCCC6)nn45)cc3s2)C1. The van der Waals surface area contributed by atoms with Gasteiger partial charge in [0.15, 0.2) is 10.8 Å². The number of methoxy groups -OCH3 is 1. The van der Waals surface area contributed by atoms with E-state index >= 15 is 0 Å². The number of fused-ring (bicyclic) bond motifs is 2. The van der Waals surface area contributed by atoms with Gasteiger partial charge < -0.3 is 14.4 Å². The molecule has 10 nitrogen and oxygen atoms in total. The predicted molar refractivity (Wildman–Crippen MR) is 133 cm³/mol. The summed E-state index contributed by atoms with van der Waals surface area (Å²) in [5.74, 6) is 0.600. The molecule has 1 aromatic carbocycles. The van der Waals surface area contributed by atoms with E-state index in [-0.39, 0.29) is 18.2 Å². The van der Waals surface area contributed by atoms with Crippen molar-refractivity contribution in [2.45, 2.75) is 54.4 Å². The number of carbonyl (C=O) groups is 1. The molecule has 1 saturated heterocycles. The van der Waals surface area contributed by atoms with Crippen LogP contribution in [0.3, 0.4) is 0 Å². The number of hydrogen-bond acceptors (Lipinski definition) is 9. The van der Waals surface area contributed by atoms with Gasteiger partial charge in [0.05, 0.1) is 29.4 Å². The largest absolute Gasteiger partial charge is 0.473 e. The van der Waals surface area contributed by atoms with Gasteiger partial charge >= 0.3 is 6.03 Å². The fraction of sp³-hybridized carbons (Fsp3) is 0.435. The Kier molecular flexibility index (Phi) is 6.17. The lowest BCUT2D eigenvalue weighted by Gasteiger charge is -2.37. The van der Waals surface area contributed by atoms with Crippen LogP contribution in [-0.4, -0.2) is 68.1 Å². The minimum absolute atomic E-state index is 0.119. The predicted octanol–water partition coefficient (Wildman–Crippen LogP) is 4.46. The Labute approximate surface area is 210 Å². The number of thiazole rings is 1. The summed E-state index contributed by atoms with van der Waals surface area (Å²) in [4.78, 5) is 19.6. The van der Waals surface area contributed by atoms with Gasteiger partial charge in [-0.05, 0) is 61.7 Å². The van der Waals surface area contributed by atoms with E-state index in [4.69, 9.17) is 9.47 Å². The molecule has 1 N–H and O–H groups in total. The van der Waals surface area contributed by atoms with Crippen molar-refractivity contribution in [3.05, 3.63) is 30.3 Å². The second-order valence-corrected chi connectivity index (χ2v) is 10.8. The summed E-state index contributed by atoms with van der Waals surface area (Å²) in [7, 11) is 1.66. The Morgan fingerprint density at radius 2 is 1.97 bits per heavy atom. The lowest BCUT2D eigenvalue weighted by molar-refractivity contribution is -0.00465. The number of rotatable bonds is 6. The molecule has 1 aliphatic heterocycles. The van der Waals surface area contributed by atoms with Crippen LogP contribution >= 0.6 is 23.1 Å². The second-order valence-electron chi connectivity index (χ2n) is 8.75. The fourth-order valence-corrected chi connectivity index (χ4v) is 6.08. The van der Waals surface area contributed by atoms with Gasteiger partial charge in [-0.3, -0.25) is 5.32 Å². The van der Waals surface area contributed by atoms with Crippen LogP contribution in [0.1, 0.15) is 32.1 Å². The molecule has 4 heterocycles. The van der Waals surface area contributed by atoms with Crippen molar-refractivity contribution in [3.63, 3.8) is 0 Å². The maximum Gasteiger partial charge on any atom is 0.323 e.